The molecule has 0 aromatic heterocycles. The lowest BCUT2D eigenvalue weighted by atomic mass is 10.1. The van der Waals surface area contributed by atoms with E-state index in [-0.39, 0.29) is 0 Å². The molecule has 7 heteroatoms. The third-order valence-electron chi connectivity index (χ3n) is 3.03. The van der Waals surface area contributed by atoms with Crippen molar-refractivity contribution in [3.63, 3.8) is 0 Å². The quantitative estimate of drug-likeness (QED) is 0.195. The van der Waals surface area contributed by atoms with Gasteiger partial charge in [-0.25, -0.2) is 0 Å². The maximum absolute atomic E-state index is 6.69. The highest BCUT2D eigenvalue weighted by Crippen LogP contribution is 2.30. The predicted molar refractivity (Wildman–Crippen MR) is 117 cm³/mol. The second-order valence-electron chi connectivity index (χ2n) is 9.57. The molecule has 0 saturated carbocycles. The van der Waals surface area contributed by atoms with Crippen LogP contribution in [0.1, 0.15) is 32.1 Å². The van der Waals surface area contributed by atoms with Gasteiger partial charge in [-0.2, -0.15) is 0 Å². The molecule has 144 valence electrons. The van der Waals surface area contributed by atoms with Gasteiger partial charge in [0.05, 0.1) is 0 Å². The van der Waals surface area contributed by atoms with Gasteiger partial charge in [-0.05, 0) is 78.2 Å². The number of rotatable bonds is 13. The molecule has 0 fully saturated rings. The number of hydrogen-bond acceptors (Lipinski definition) is 3. The van der Waals surface area contributed by atoms with Crippen LogP contribution in [-0.2, 0) is 12.3 Å². The van der Waals surface area contributed by atoms with Crippen molar-refractivity contribution in [3.8, 4) is 0 Å². The first-order chi connectivity index (χ1) is 10.7. The number of unbranched alkanes of at least 4 members (excludes halogenated alkanes) is 4. The van der Waals surface area contributed by atoms with Crippen LogP contribution in [0.4, 0.5) is 0 Å². The summed E-state index contributed by atoms with van der Waals surface area (Å²) in [4.78, 5) is 0. The molecule has 0 amide bonds. The molecule has 0 aliphatic carbocycles. The number of hydrogen-bond donors (Lipinski definition) is 0. The fourth-order valence-electron chi connectivity index (χ4n) is 2.60. The van der Waals surface area contributed by atoms with Gasteiger partial charge in [0.2, 0.25) is 0 Å². The highest BCUT2D eigenvalue weighted by molar-refractivity contribution is 6.90. The van der Waals surface area contributed by atoms with Crippen LogP contribution in [0.2, 0.25) is 65.0 Å². The van der Waals surface area contributed by atoms with E-state index in [1.165, 1.54) is 19.3 Å². The van der Waals surface area contributed by atoms with Gasteiger partial charge < -0.3 is 12.3 Å². The number of allylic oxidation sites excluding steroid dienone is 1. The van der Waals surface area contributed by atoms with E-state index in [0.717, 1.165) is 18.9 Å². The Morgan fingerprint density at radius 2 is 1.00 bits per heavy atom. The van der Waals surface area contributed by atoms with Crippen LogP contribution >= 0.6 is 0 Å². The van der Waals surface area contributed by atoms with Crippen LogP contribution in [0, 0.1) is 0 Å². The summed E-state index contributed by atoms with van der Waals surface area (Å²) < 4.78 is 20.1. The smallest absolute Gasteiger partial charge is 0.417 e. The summed E-state index contributed by atoms with van der Waals surface area (Å²) in [6, 6.07) is 0.972. The Bertz CT molecular complexity index is 327. The van der Waals surface area contributed by atoms with E-state index in [9.17, 15) is 0 Å². The maximum Gasteiger partial charge on any atom is 0.469 e. The van der Waals surface area contributed by atoms with Crippen LogP contribution in [0.5, 0.6) is 0 Å². The lowest BCUT2D eigenvalue weighted by molar-refractivity contribution is 0.250. The van der Waals surface area contributed by atoms with E-state index in [1.807, 2.05) is 6.08 Å². The fraction of sp³-hybridized carbons (Fsp3) is 0.882. The van der Waals surface area contributed by atoms with Crippen LogP contribution in [-0.4, -0.2) is 33.8 Å². The lowest BCUT2D eigenvalue weighted by Crippen LogP contribution is -2.60. The Balaban J connectivity index is 5.13. The van der Waals surface area contributed by atoms with Gasteiger partial charge >= 0.3 is 8.80 Å². The first kappa shape index (κ1) is 24.5. The molecule has 0 aromatic rings. The van der Waals surface area contributed by atoms with Gasteiger partial charge in [-0.1, -0.05) is 18.9 Å². The highest BCUT2D eigenvalue weighted by atomic mass is 28.5. The summed E-state index contributed by atoms with van der Waals surface area (Å²) in [6.07, 6.45) is 7.98. The molecule has 0 aliphatic heterocycles. The maximum atomic E-state index is 6.69. The zero-order valence-corrected chi connectivity index (χ0v) is 21.8. The lowest BCUT2D eigenvalue weighted by Gasteiger charge is -2.43. The van der Waals surface area contributed by atoms with Crippen molar-refractivity contribution in [3.05, 3.63) is 12.7 Å². The average Bonchev–Trinajstić information content (AvgIpc) is 2.26. The van der Waals surface area contributed by atoms with E-state index in [2.05, 4.69) is 65.5 Å². The van der Waals surface area contributed by atoms with Gasteiger partial charge in [0, 0.05) is 6.04 Å². The van der Waals surface area contributed by atoms with Gasteiger partial charge in [0.25, 0.3) is 0 Å². The van der Waals surface area contributed by atoms with Gasteiger partial charge in [-0.3, -0.25) is 0 Å². The van der Waals surface area contributed by atoms with Crippen LogP contribution in [0.15, 0.2) is 12.7 Å². The molecule has 0 aromatic carbocycles. The van der Waals surface area contributed by atoms with E-state index >= 15 is 0 Å². The van der Waals surface area contributed by atoms with Crippen LogP contribution < -0.4 is 0 Å². The molecular formula is C17H42O3Si4. The summed E-state index contributed by atoms with van der Waals surface area (Å²) in [5.74, 6) is 0. The summed E-state index contributed by atoms with van der Waals surface area (Å²) in [6.45, 7) is 24.0. The Labute approximate surface area is 155 Å². The van der Waals surface area contributed by atoms with E-state index in [1.54, 1.807) is 0 Å². The second kappa shape index (κ2) is 9.99. The second-order valence-corrected chi connectivity index (χ2v) is 26.6. The minimum Gasteiger partial charge on any atom is -0.417 e. The fourth-order valence-corrected chi connectivity index (χ4v) is 17.3. The summed E-state index contributed by atoms with van der Waals surface area (Å²) >= 11 is 0. The molecule has 0 rings (SSSR count). The summed E-state index contributed by atoms with van der Waals surface area (Å²) in [7, 11) is -7.80. The molecule has 0 aliphatic rings. The Kier molecular flexibility index (Phi) is 10.2. The zero-order chi connectivity index (χ0) is 19.1. The SMILES string of the molecule is C=CCCCCCC[Si](O[Si](C)(C)C)(O[Si](C)(C)C)O[Si](C)(C)C. The molecule has 0 unspecified atom stereocenters. The van der Waals surface area contributed by atoms with E-state index in [4.69, 9.17) is 12.3 Å². The summed E-state index contributed by atoms with van der Waals surface area (Å²) in [5, 5.41) is 0. The third-order valence-corrected chi connectivity index (χ3v) is 15.1. The average molecular weight is 407 g/mol. The third kappa shape index (κ3) is 13.7. The molecule has 24 heavy (non-hydrogen) atoms. The van der Waals surface area contributed by atoms with Crippen molar-refractivity contribution in [2.24, 2.45) is 0 Å². The van der Waals surface area contributed by atoms with Crippen molar-refractivity contribution < 1.29 is 12.3 Å². The normalized spacial score (nSPS) is 14.0. The Morgan fingerprint density at radius 1 is 0.625 bits per heavy atom. The van der Waals surface area contributed by atoms with E-state index in [0.29, 0.717) is 0 Å². The van der Waals surface area contributed by atoms with Crippen molar-refractivity contribution >= 4 is 33.8 Å². The first-order valence-corrected chi connectivity index (χ1v) is 21.6. The van der Waals surface area contributed by atoms with Gasteiger partial charge in [0.1, 0.15) is 0 Å². The molecular weight excluding hydrogens is 365 g/mol. The largest absolute Gasteiger partial charge is 0.469 e. The Hall–Kier alpha value is 0.488. The molecule has 3 nitrogen and oxygen atoms in total. The van der Waals surface area contributed by atoms with Crippen molar-refractivity contribution in [1.29, 1.82) is 0 Å². The molecule has 0 spiro atoms. The van der Waals surface area contributed by atoms with Crippen molar-refractivity contribution in [1.82, 2.24) is 0 Å². The first-order valence-electron chi connectivity index (χ1n) is 9.39. The zero-order valence-electron chi connectivity index (χ0n) is 17.8. The predicted octanol–water partition coefficient (Wildman–Crippen LogP) is 6.62. The molecule has 0 atom stereocenters. The minimum absolute atomic E-state index is 0.972. The van der Waals surface area contributed by atoms with Crippen LogP contribution in [0.25, 0.3) is 0 Å². The molecule has 0 bridgehead atoms. The molecule has 0 radical (unpaired) electrons. The monoisotopic (exact) mass is 406 g/mol. The minimum atomic E-state index is -2.61. The standard InChI is InChI=1S/C17H42O3Si4/c1-11-12-13-14-15-16-17-24(18-21(2,3)4,19-22(5,6)7)20-23(8,9)10/h11H,1,12-17H2,2-10H3. The molecule has 0 N–H and O–H groups in total. The van der Waals surface area contributed by atoms with Crippen molar-refractivity contribution in [2.75, 3.05) is 0 Å². The summed E-state index contributed by atoms with van der Waals surface area (Å²) in [5.41, 5.74) is 0. The Morgan fingerprint density at radius 3 is 1.33 bits per heavy atom. The van der Waals surface area contributed by atoms with Gasteiger partial charge in [-0.15, -0.1) is 6.58 Å². The highest BCUT2D eigenvalue weighted by Gasteiger charge is 2.49. The molecule has 0 saturated heterocycles. The van der Waals surface area contributed by atoms with Gasteiger partial charge in [0.15, 0.2) is 25.0 Å². The molecule has 0 heterocycles. The van der Waals surface area contributed by atoms with Crippen LogP contribution in [0.3, 0.4) is 0 Å². The van der Waals surface area contributed by atoms with E-state index < -0.39 is 33.8 Å². The van der Waals surface area contributed by atoms with Crippen molar-refractivity contribution in [2.45, 2.75) is 97.1 Å². The topological polar surface area (TPSA) is 27.7 Å².